The fraction of sp³-hybridized carbons (Fsp3) is 0.172. The van der Waals surface area contributed by atoms with E-state index in [1.165, 1.54) is 4.90 Å². The predicted molar refractivity (Wildman–Crippen MR) is 138 cm³/mol. The van der Waals surface area contributed by atoms with E-state index in [1.54, 1.807) is 55.6 Å². The first-order valence-electron chi connectivity index (χ1n) is 11.7. The monoisotopic (exact) mass is 482 g/mol. The van der Waals surface area contributed by atoms with Crippen molar-refractivity contribution in [3.05, 3.63) is 95.2 Å². The third-order valence-corrected chi connectivity index (χ3v) is 6.41. The zero-order valence-electron chi connectivity index (χ0n) is 20.2. The molecule has 1 aromatic heterocycles. The number of hydrogen-bond acceptors (Lipinski definition) is 5. The molecule has 7 heteroatoms. The van der Waals surface area contributed by atoms with Gasteiger partial charge in [0.25, 0.3) is 11.7 Å². The summed E-state index contributed by atoms with van der Waals surface area (Å²) in [4.78, 5) is 31.9. The van der Waals surface area contributed by atoms with Crippen LogP contribution in [-0.2, 0) is 9.59 Å². The molecule has 7 nitrogen and oxygen atoms in total. The summed E-state index contributed by atoms with van der Waals surface area (Å²) in [5.74, 6) is -0.626. The number of methoxy groups -OCH3 is 1. The van der Waals surface area contributed by atoms with Crippen LogP contribution in [0.5, 0.6) is 11.5 Å². The highest BCUT2D eigenvalue weighted by Gasteiger charge is 2.48. The highest BCUT2D eigenvalue weighted by atomic mass is 16.5. The molecule has 5 rings (SSSR count). The molecule has 182 valence electrons. The number of aryl methyl sites for hydroxylation is 1. The molecule has 0 radical (unpaired) electrons. The standard InChI is InChI=1S/C29H26N2O5/c1-4-36-21-12-7-9-18(15-21)27(32)25-26(24-17(2)30-23-14-6-5-13-22(23)24)31(29(34)28(25)33)19-10-8-11-20(16-19)35-3/h5-16,26,30,32H,4H2,1-3H3/b27-25+. The molecule has 1 amide bonds. The summed E-state index contributed by atoms with van der Waals surface area (Å²) in [6, 6.07) is 20.7. The summed E-state index contributed by atoms with van der Waals surface area (Å²) in [5, 5.41) is 12.4. The van der Waals surface area contributed by atoms with Crippen molar-refractivity contribution in [2.24, 2.45) is 0 Å². The fourth-order valence-corrected chi connectivity index (χ4v) is 4.84. The van der Waals surface area contributed by atoms with E-state index in [1.807, 2.05) is 38.1 Å². The number of aromatic nitrogens is 1. The van der Waals surface area contributed by atoms with Gasteiger partial charge < -0.3 is 19.6 Å². The van der Waals surface area contributed by atoms with Gasteiger partial charge in [0, 0.05) is 39.5 Å². The molecule has 0 saturated carbocycles. The summed E-state index contributed by atoms with van der Waals surface area (Å²) in [6.45, 7) is 4.22. The Morgan fingerprint density at radius 2 is 1.75 bits per heavy atom. The molecular weight excluding hydrogens is 456 g/mol. The maximum absolute atomic E-state index is 13.5. The van der Waals surface area contributed by atoms with Crippen molar-refractivity contribution in [2.45, 2.75) is 19.9 Å². The van der Waals surface area contributed by atoms with Gasteiger partial charge in [-0.05, 0) is 44.2 Å². The van der Waals surface area contributed by atoms with E-state index in [4.69, 9.17) is 9.47 Å². The Hall–Kier alpha value is -4.52. The average molecular weight is 483 g/mol. The van der Waals surface area contributed by atoms with Gasteiger partial charge in [-0.2, -0.15) is 0 Å². The van der Waals surface area contributed by atoms with Gasteiger partial charge in [0.1, 0.15) is 17.3 Å². The van der Waals surface area contributed by atoms with Crippen LogP contribution >= 0.6 is 0 Å². The van der Waals surface area contributed by atoms with Gasteiger partial charge in [-0.3, -0.25) is 14.5 Å². The summed E-state index contributed by atoms with van der Waals surface area (Å²) in [6.07, 6.45) is 0. The first kappa shape index (κ1) is 23.2. The predicted octanol–water partition coefficient (Wildman–Crippen LogP) is 5.51. The second-order valence-corrected chi connectivity index (χ2v) is 8.54. The number of nitrogens with one attached hydrogen (secondary N) is 1. The number of hydrogen-bond donors (Lipinski definition) is 2. The number of benzene rings is 3. The Kier molecular flexibility index (Phi) is 5.98. The van der Waals surface area contributed by atoms with Crippen molar-refractivity contribution in [2.75, 3.05) is 18.6 Å². The van der Waals surface area contributed by atoms with Crippen molar-refractivity contribution in [1.82, 2.24) is 4.98 Å². The van der Waals surface area contributed by atoms with E-state index >= 15 is 0 Å². The molecule has 1 saturated heterocycles. The minimum absolute atomic E-state index is 0.0179. The van der Waals surface area contributed by atoms with Crippen LogP contribution in [0.3, 0.4) is 0 Å². The summed E-state index contributed by atoms with van der Waals surface area (Å²) in [5.41, 5.74) is 3.32. The van der Waals surface area contributed by atoms with Crippen LogP contribution < -0.4 is 14.4 Å². The Bertz CT molecular complexity index is 1520. The third-order valence-electron chi connectivity index (χ3n) is 6.41. The minimum Gasteiger partial charge on any atom is -0.507 e. The van der Waals surface area contributed by atoms with Crippen LogP contribution in [0.1, 0.15) is 29.8 Å². The molecule has 0 aliphatic carbocycles. The summed E-state index contributed by atoms with van der Waals surface area (Å²) >= 11 is 0. The van der Waals surface area contributed by atoms with Crippen LogP contribution in [0.4, 0.5) is 5.69 Å². The number of ketones is 1. The van der Waals surface area contributed by atoms with Gasteiger partial charge in [-0.15, -0.1) is 0 Å². The Balaban J connectivity index is 1.79. The molecule has 1 atom stereocenters. The van der Waals surface area contributed by atoms with E-state index in [2.05, 4.69) is 4.98 Å². The second-order valence-electron chi connectivity index (χ2n) is 8.54. The molecule has 1 aliphatic rings. The molecular formula is C29H26N2O5. The molecule has 2 N–H and O–H groups in total. The van der Waals surface area contributed by atoms with Gasteiger partial charge in [-0.1, -0.05) is 36.4 Å². The number of carbonyl (C=O) groups excluding carboxylic acids is 2. The van der Waals surface area contributed by atoms with Crippen molar-refractivity contribution in [1.29, 1.82) is 0 Å². The number of aliphatic hydroxyl groups is 1. The van der Waals surface area contributed by atoms with Crippen LogP contribution in [0.2, 0.25) is 0 Å². The van der Waals surface area contributed by atoms with Gasteiger partial charge in [0.05, 0.1) is 25.3 Å². The van der Waals surface area contributed by atoms with Gasteiger partial charge in [-0.25, -0.2) is 0 Å². The topological polar surface area (TPSA) is 91.9 Å². The maximum atomic E-state index is 13.5. The van der Waals surface area contributed by atoms with Crippen LogP contribution in [0.25, 0.3) is 16.7 Å². The lowest BCUT2D eigenvalue weighted by molar-refractivity contribution is -0.132. The SMILES string of the molecule is CCOc1cccc(/C(O)=C2\C(=O)C(=O)N(c3cccc(OC)c3)C2c2c(C)[nH]c3ccccc23)c1. The normalized spacial score (nSPS) is 17.1. The number of H-pyrrole nitrogens is 1. The number of Topliss-reactive ketones (excluding diaryl/α,β-unsaturated/α-hetero) is 1. The Morgan fingerprint density at radius 1 is 1.00 bits per heavy atom. The second kappa shape index (κ2) is 9.26. The number of para-hydroxylation sites is 1. The van der Waals surface area contributed by atoms with E-state index < -0.39 is 17.7 Å². The molecule has 1 fully saturated rings. The molecule has 1 unspecified atom stereocenters. The maximum Gasteiger partial charge on any atom is 0.300 e. The highest BCUT2D eigenvalue weighted by molar-refractivity contribution is 6.52. The quantitative estimate of drug-likeness (QED) is 0.215. The molecule has 0 spiro atoms. The number of rotatable bonds is 6. The van der Waals surface area contributed by atoms with Crippen LogP contribution in [0.15, 0.2) is 78.4 Å². The minimum atomic E-state index is -0.857. The number of carbonyl (C=O) groups is 2. The third kappa shape index (κ3) is 3.79. The fourth-order valence-electron chi connectivity index (χ4n) is 4.84. The number of fused-ring (bicyclic) bond motifs is 1. The van der Waals surface area contributed by atoms with Crippen molar-refractivity contribution >= 4 is 34.0 Å². The van der Waals surface area contributed by atoms with Crippen LogP contribution in [-0.4, -0.2) is 35.5 Å². The van der Waals surface area contributed by atoms with E-state index in [9.17, 15) is 14.7 Å². The number of anilines is 1. The van der Waals surface area contributed by atoms with Crippen molar-refractivity contribution in [3.63, 3.8) is 0 Å². The van der Waals surface area contributed by atoms with Gasteiger partial charge in [0.15, 0.2) is 0 Å². The lowest BCUT2D eigenvalue weighted by Gasteiger charge is -2.26. The molecule has 3 aromatic carbocycles. The number of nitrogens with zero attached hydrogens (tertiary/aromatic N) is 1. The van der Waals surface area contributed by atoms with Gasteiger partial charge >= 0.3 is 0 Å². The van der Waals surface area contributed by atoms with E-state index in [-0.39, 0.29) is 11.3 Å². The summed E-state index contributed by atoms with van der Waals surface area (Å²) in [7, 11) is 1.54. The number of aliphatic hydroxyl groups excluding tert-OH is 1. The zero-order valence-corrected chi connectivity index (χ0v) is 20.2. The molecule has 1 aliphatic heterocycles. The zero-order chi connectivity index (χ0) is 25.4. The number of amides is 1. The molecule has 0 bridgehead atoms. The first-order valence-corrected chi connectivity index (χ1v) is 11.7. The lowest BCUT2D eigenvalue weighted by Crippen LogP contribution is -2.29. The largest absolute Gasteiger partial charge is 0.507 e. The van der Waals surface area contributed by atoms with E-state index in [0.717, 1.165) is 22.2 Å². The molecule has 2 heterocycles. The van der Waals surface area contributed by atoms with Crippen LogP contribution in [0, 0.1) is 6.92 Å². The average Bonchev–Trinajstić information content (AvgIpc) is 3.36. The number of aromatic amines is 1. The van der Waals surface area contributed by atoms with Gasteiger partial charge in [0.2, 0.25) is 0 Å². The van der Waals surface area contributed by atoms with Crippen molar-refractivity contribution in [3.8, 4) is 11.5 Å². The smallest absolute Gasteiger partial charge is 0.300 e. The first-order chi connectivity index (χ1) is 17.4. The molecule has 36 heavy (non-hydrogen) atoms. The Labute approximate surface area is 208 Å². The van der Waals surface area contributed by atoms with E-state index in [0.29, 0.717) is 29.4 Å². The van der Waals surface area contributed by atoms with Crippen molar-refractivity contribution < 1.29 is 24.2 Å². The number of ether oxygens (including phenoxy) is 2. The summed E-state index contributed by atoms with van der Waals surface area (Å²) < 4.78 is 11.0. The Morgan fingerprint density at radius 3 is 2.53 bits per heavy atom. The lowest BCUT2D eigenvalue weighted by atomic mass is 9.93. The highest BCUT2D eigenvalue weighted by Crippen LogP contribution is 2.46. The molecule has 4 aromatic rings.